The molecule has 0 amide bonds. The fraction of sp³-hybridized carbons (Fsp3) is 0.846. The fourth-order valence-electron chi connectivity index (χ4n) is 2.79. The Morgan fingerprint density at radius 3 is 2.50 bits per heavy atom. The molecular weight excluding hydrogens is 198 g/mol. The minimum atomic E-state index is 1.07. The van der Waals surface area contributed by atoms with Crippen molar-refractivity contribution in [1.29, 1.82) is 0 Å². The first-order chi connectivity index (χ1) is 7.66. The van der Waals surface area contributed by atoms with Crippen LogP contribution >= 0.6 is 0 Å². The number of hydrogen-bond acceptors (Lipinski definition) is 3. The topological polar surface area (TPSA) is 9.72 Å². The van der Waals surface area contributed by atoms with Gasteiger partial charge >= 0.3 is 0 Å². The van der Waals surface area contributed by atoms with Crippen LogP contribution in [0, 0.1) is 0 Å². The lowest BCUT2D eigenvalue weighted by atomic mass is 10.1. The zero-order valence-electron chi connectivity index (χ0n) is 11.0. The van der Waals surface area contributed by atoms with Crippen LogP contribution in [-0.2, 0) is 0 Å². The standard InChI is InChI=1S/C13H25N3/c1-12-13(10-14(2)11-15(12)3)6-9-16-7-4-5-8-16/h4-11H2,1-3H3. The molecule has 0 bridgehead atoms. The highest BCUT2D eigenvalue weighted by Crippen LogP contribution is 2.19. The maximum atomic E-state index is 2.61. The molecule has 16 heavy (non-hydrogen) atoms. The predicted octanol–water partition coefficient (Wildman–Crippen LogP) is 1.58. The molecule has 0 aromatic carbocycles. The average Bonchev–Trinajstić information content (AvgIpc) is 2.74. The minimum Gasteiger partial charge on any atom is -0.365 e. The summed E-state index contributed by atoms with van der Waals surface area (Å²) in [4.78, 5) is 7.37. The molecular formula is C13H25N3. The van der Waals surface area contributed by atoms with Gasteiger partial charge in [0, 0.05) is 25.8 Å². The molecule has 2 rings (SSSR count). The van der Waals surface area contributed by atoms with Gasteiger partial charge in [-0.15, -0.1) is 0 Å². The molecule has 3 nitrogen and oxygen atoms in total. The lowest BCUT2D eigenvalue weighted by molar-refractivity contribution is 0.198. The van der Waals surface area contributed by atoms with Crippen LogP contribution in [0.5, 0.6) is 0 Å². The summed E-state index contributed by atoms with van der Waals surface area (Å²) >= 11 is 0. The van der Waals surface area contributed by atoms with Gasteiger partial charge in [-0.3, -0.25) is 4.90 Å². The van der Waals surface area contributed by atoms with Gasteiger partial charge in [-0.25, -0.2) is 0 Å². The number of likely N-dealkylation sites (tertiary alicyclic amines) is 1. The summed E-state index contributed by atoms with van der Waals surface area (Å²) in [5.74, 6) is 0. The van der Waals surface area contributed by atoms with Gasteiger partial charge in [0.25, 0.3) is 0 Å². The summed E-state index contributed by atoms with van der Waals surface area (Å²) in [6, 6.07) is 0. The summed E-state index contributed by atoms with van der Waals surface area (Å²) in [6.45, 7) is 8.39. The van der Waals surface area contributed by atoms with E-state index in [-0.39, 0.29) is 0 Å². The van der Waals surface area contributed by atoms with Gasteiger partial charge in [0.2, 0.25) is 0 Å². The van der Waals surface area contributed by atoms with E-state index in [1.54, 1.807) is 5.57 Å². The molecule has 1 fully saturated rings. The molecule has 0 saturated carbocycles. The predicted molar refractivity (Wildman–Crippen MR) is 68.3 cm³/mol. The van der Waals surface area contributed by atoms with Crippen molar-refractivity contribution < 1.29 is 0 Å². The molecule has 2 aliphatic rings. The largest absolute Gasteiger partial charge is 0.365 e. The van der Waals surface area contributed by atoms with Crippen molar-refractivity contribution in [3.8, 4) is 0 Å². The molecule has 1 saturated heterocycles. The Hall–Kier alpha value is -0.540. The molecule has 0 aromatic rings. The third-order valence-electron chi connectivity index (χ3n) is 3.93. The van der Waals surface area contributed by atoms with Crippen LogP contribution in [-0.4, -0.2) is 61.6 Å². The second-order valence-corrected chi connectivity index (χ2v) is 5.34. The zero-order valence-corrected chi connectivity index (χ0v) is 11.0. The molecule has 0 aliphatic carbocycles. The van der Waals surface area contributed by atoms with Crippen molar-refractivity contribution in [2.45, 2.75) is 26.2 Å². The van der Waals surface area contributed by atoms with E-state index in [2.05, 4.69) is 35.7 Å². The van der Waals surface area contributed by atoms with Gasteiger partial charge in [0.05, 0.1) is 6.67 Å². The van der Waals surface area contributed by atoms with Crippen molar-refractivity contribution in [3.05, 3.63) is 11.3 Å². The van der Waals surface area contributed by atoms with Crippen molar-refractivity contribution in [2.24, 2.45) is 0 Å². The fourth-order valence-corrected chi connectivity index (χ4v) is 2.79. The Labute approximate surface area is 99.7 Å². The zero-order chi connectivity index (χ0) is 11.5. The Bertz CT molecular complexity index is 266. The van der Waals surface area contributed by atoms with E-state index >= 15 is 0 Å². The molecule has 2 aliphatic heterocycles. The first-order valence-electron chi connectivity index (χ1n) is 6.47. The first kappa shape index (κ1) is 11.9. The second kappa shape index (κ2) is 5.19. The van der Waals surface area contributed by atoms with Crippen LogP contribution in [0.3, 0.4) is 0 Å². The summed E-state index contributed by atoms with van der Waals surface area (Å²) in [5.41, 5.74) is 3.13. The average molecular weight is 223 g/mol. The Morgan fingerprint density at radius 1 is 1.12 bits per heavy atom. The lowest BCUT2D eigenvalue weighted by Gasteiger charge is -2.35. The van der Waals surface area contributed by atoms with Crippen molar-refractivity contribution >= 4 is 0 Å². The number of likely N-dealkylation sites (N-methyl/N-ethyl adjacent to an activating group) is 1. The normalized spacial score (nSPS) is 24.6. The van der Waals surface area contributed by atoms with Crippen LogP contribution < -0.4 is 0 Å². The van der Waals surface area contributed by atoms with Gasteiger partial charge < -0.3 is 9.80 Å². The molecule has 0 atom stereocenters. The van der Waals surface area contributed by atoms with Gasteiger partial charge in [0.15, 0.2) is 0 Å². The smallest absolute Gasteiger partial charge is 0.0701 e. The van der Waals surface area contributed by atoms with Crippen molar-refractivity contribution in [1.82, 2.24) is 14.7 Å². The van der Waals surface area contributed by atoms with Crippen LogP contribution in [0.2, 0.25) is 0 Å². The molecule has 2 heterocycles. The minimum absolute atomic E-state index is 1.07. The van der Waals surface area contributed by atoms with Crippen LogP contribution in [0.4, 0.5) is 0 Å². The highest BCUT2D eigenvalue weighted by molar-refractivity contribution is 5.15. The van der Waals surface area contributed by atoms with Crippen LogP contribution in [0.25, 0.3) is 0 Å². The number of rotatable bonds is 3. The monoisotopic (exact) mass is 223 g/mol. The SMILES string of the molecule is CC1=C(CCN2CCCC2)CN(C)CN1C. The quantitative estimate of drug-likeness (QED) is 0.719. The Balaban J connectivity index is 1.89. The van der Waals surface area contributed by atoms with E-state index in [0.29, 0.717) is 0 Å². The molecule has 0 radical (unpaired) electrons. The lowest BCUT2D eigenvalue weighted by Crippen LogP contribution is -2.39. The third-order valence-corrected chi connectivity index (χ3v) is 3.93. The molecule has 0 aromatic heterocycles. The van der Waals surface area contributed by atoms with Gasteiger partial charge in [-0.05, 0) is 51.9 Å². The van der Waals surface area contributed by atoms with Gasteiger partial charge in [-0.1, -0.05) is 0 Å². The van der Waals surface area contributed by atoms with E-state index < -0.39 is 0 Å². The number of allylic oxidation sites excluding steroid dienone is 1. The summed E-state index contributed by atoms with van der Waals surface area (Å²) in [7, 11) is 4.40. The van der Waals surface area contributed by atoms with E-state index in [1.807, 2.05) is 0 Å². The Kier molecular flexibility index (Phi) is 3.87. The van der Waals surface area contributed by atoms with E-state index in [4.69, 9.17) is 0 Å². The highest BCUT2D eigenvalue weighted by atomic mass is 15.3. The maximum absolute atomic E-state index is 2.61. The highest BCUT2D eigenvalue weighted by Gasteiger charge is 2.18. The van der Waals surface area contributed by atoms with Crippen LogP contribution in [0.15, 0.2) is 11.3 Å². The van der Waals surface area contributed by atoms with Crippen molar-refractivity contribution in [2.75, 3.05) is 46.9 Å². The van der Waals surface area contributed by atoms with E-state index in [0.717, 1.165) is 13.2 Å². The second-order valence-electron chi connectivity index (χ2n) is 5.34. The summed E-state index contributed by atoms with van der Waals surface area (Å²) in [6.07, 6.45) is 4.05. The molecule has 3 heteroatoms. The maximum Gasteiger partial charge on any atom is 0.0701 e. The summed E-state index contributed by atoms with van der Waals surface area (Å²) < 4.78 is 0. The molecule has 92 valence electrons. The molecule has 0 N–H and O–H groups in total. The Morgan fingerprint density at radius 2 is 1.81 bits per heavy atom. The van der Waals surface area contributed by atoms with Crippen LogP contribution in [0.1, 0.15) is 26.2 Å². The van der Waals surface area contributed by atoms with Gasteiger partial charge in [-0.2, -0.15) is 0 Å². The number of hydrogen-bond donors (Lipinski definition) is 0. The van der Waals surface area contributed by atoms with Crippen molar-refractivity contribution in [3.63, 3.8) is 0 Å². The summed E-state index contributed by atoms with van der Waals surface area (Å²) in [5, 5.41) is 0. The molecule has 0 unspecified atom stereocenters. The molecule has 0 spiro atoms. The van der Waals surface area contributed by atoms with E-state index in [9.17, 15) is 0 Å². The number of nitrogens with zero attached hydrogens (tertiary/aromatic N) is 3. The van der Waals surface area contributed by atoms with Gasteiger partial charge in [0.1, 0.15) is 0 Å². The first-order valence-corrected chi connectivity index (χ1v) is 6.47. The van der Waals surface area contributed by atoms with E-state index in [1.165, 1.54) is 44.6 Å². The third kappa shape index (κ3) is 2.77.